The van der Waals surface area contributed by atoms with E-state index in [2.05, 4.69) is 20.1 Å². The molecule has 8 nitrogen and oxygen atoms in total. The quantitative estimate of drug-likeness (QED) is 0.862. The lowest BCUT2D eigenvalue weighted by molar-refractivity contribution is -0.144. The second kappa shape index (κ2) is 5.28. The average molecular weight is 291 g/mol. The predicted molar refractivity (Wildman–Crippen MR) is 71.3 cm³/mol. The van der Waals surface area contributed by atoms with Gasteiger partial charge in [-0.05, 0) is 0 Å². The summed E-state index contributed by atoms with van der Waals surface area (Å²) >= 11 is 0. The van der Waals surface area contributed by atoms with Crippen LogP contribution in [0.1, 0.15) is 42.9 Å². The smallest absolute Gasteiger partial charge is 0.321 e. The Kier molecular flexibility index (Phi) is 3.46. The van der Waals surface area contributed by atoms with E-state index in [0.29, 0.717) is 31.2 Å². The number of aliphatic carboxylic acids is 1. The van der Waals surface area contributed by atoms with Gasteiger partial charge in [0.15, 0.2) is 5.82 Å². The summed E-state index contributed by atoms with van der Waals surface area (Å²) in [5.74, 6) is 0.363. The molecule has 1 unspecified atom stereocenters. The fourth-order valence-electron chi connectivity index (χ4n) is 2.45. The fraction of sp³-hybridized carbons (Fsp3) is 0.538. The molecule has 0 saturated heterocycles. The Morgan fingerprint density at radius 3 is 3.10 bits per heavy atom. The SMILES string of the molecule is CC(C)c1nc(CN2Cc3[nH]cnc3CC2C(=O)O)no1. The molecule has 2 N–H and O–H groups in total. The minimum Gasteiger partial charge on any atom is -0.480 e. The van der Waals surface area contributed by atoms with Gasteiger partial charge < -0.3 is 14.6 Å². The molecule has 112 valence electrons. The fourth-order valence-corrected chi connectivity index (χ4v) is 2.45. The van der Waals surface area contributed by atoms with E-state index in [-0.39, 0.29) is 5.92 Å². The van der Waals surface area contributed by atoms with Crippen molar-refractivity contribution >= 4 is 5.97 Å². The van der Waals surface area contributed by atoms with Crippen molar-refractivity contribution in [3.05, 3.63) is 29.4 Å². The monoisotopic (exact) mass is 291 g/mol. The highest BCUT2D eigenvalue weighted by Gasteiger charge is 2.33. The van der Waals surface area contributed by atoms with Gasteiger partial charge in [0.25, 0.3) is 0 Å². The molecular formula is C13H17N5O3. The van der Waals surface area contributed by atoms with E-state index in [1.54, 1.807) is 6.33 Å². The molecule has 0 saturated carbocycles. The number of carboxylic acid groups (broad SMARTS) is 1. The molecule has 2 aromatic rings. The minimum atomic E-state index is -0.865. The van der Waals surface area contributed by atoms with Crippen molar-refractivity contribution < 1.29 is 14.4 Å². The number of rotatable bonds is 4. The van der Waals surface area contributed by atoms with Gasteiger partial charge >= 0.3 is 5.97 Å². The summed E-state index contributed by atoms with van der Waals surface area (Å²) in [6.07, 6.45) is 1.97. The first-order valence-corrected chi connectivity index (χ1v) is 6.85. The Morgan fingerprint density at radius 2 is 2.43 bits per heavy atom. The molecule has 2 aromatic heterocycles. The van der Waals surface area contributed by atoms with Crippen molar-refractivity contribution in [1.29, 1.82) is 0 Å². The van der Waals surface area contributed by atoms with Crippen LogP contribution in [0.15, 0.2) is 10.9 Å². The van der Waals surface area contributed by atoms with E-state index in [4.69, 9.17) is 4.52 Å². The van der Waals surface area contributed by atoms with E-state index in [9.17, 15) is 9.90 Å². The van der Waals surface area contributed by atoms with Crippen molar-refractivity contribution in [2.75, 3.05) is 0 Å². The molecule has 0 aliphatic carbocycles. The number of H-pyrrole nitrogens is 1. The number of fused-ring (bicyclic) bond motifs is 1. The number of nitrogens with zero attached hydrogens (tertiary/aromatic N) is 4. The lowest BCUT2D eigenvalue weighted by atomic mass is 10.0. The summed E-state index contributed by atoms with van der Waals surface area (Å²) in [7, 11) is 0. The highest BCUT2D eigenvalue weighted by Crippen LogP contribution is 2.22. The zero-order valence-corrected chi connectivity index (χ0v) is 11.9. The number of aromatic nitrogens is 4. The third kappa shape index (κ3) is 2.66. The number of carboxylic acids is 1. The Morgan fingerprint density at radius 1 is 1.62 bits per heavy atom. The third-order valence-electron chi connectivity index (χ3n) is 3.60. The first kappa shape index (κ1) is 13.7. The molecule has 0 fully saturated rings. The normalized spacial score (nSPS) is 18.9. The van der Waals surface area contributed by atoms with Crippen LogP contribution in [-0.2, 0) is 24.3 Å². The first-order chi connectivity index (χ1) is 10.0. The Labute approximate surface area is 121 Å². The number of imidazole rings is 1. The second-order valence-electron chi connectivity index (χ2n) is 5.49. The molecule has 0 radical (unpaired) electrons. The van der Waals surface area contributed by atoms with Gasteiger partial charge in [-0.2, -0.15) is 4.98 Å². The van der Waals surface area contributed by atoms with Crippen LogP contribution in [0, 0.1) is 0 Å². The second-order valence-corrected chi connectivity index (χ2v) is 5.49. The summed E-state index contributed by atoms with van der Waals surface area (Å²) in [4.78, 5) is 24.8. The average Bonchev–Trinajstić information content (AvgIpc) is 3.05. The number of carbonyl (C=O) groups is 1. The molecule has 0 spiro atoms. The van der Waals surface area contributed by atoms with Crippen LogP contribution in [0.3, 0.4) is 0 Å². The molecule has 1 atom stereocenters. The standard InChI is InChI=1S/C13H17N5O3/c1-7(2)12-16-11(17-21-12)5-18-4-9-8(14-6-15-9)3-10(18)13(19)20/h6-7,10H,3-5H2,1-2H3,(H,14,15)(H,19,20). The molecule has 21 heavy (non-hydrogen) atoms. The predicted octanol–water partition coefficient (Wildman–Crippen LogP) is 0.928. The maximum Gasteiger partial charge on any atom is 0.321 e. The van der Waals surface area contributed by atoms with E-state index < -0.39 is 12.0 Å². The summed E-state index contributed by atoms with van der Waals surface area (Å²) in [6, 6.07) is -0.623. The van der Waals surface area contributed by atoms with Crippen molar-refractivity contribution in [2.24, 2.45) is 0 Å². The van der Waals surface area contributed by atoms with E-state index >= 15 is 0 Å². The highest BCUT2D eigenvalue weighted by atomic mass is 16.5. The van der Waals surface area contributed by atoms with Gasteiger partial charge in [0, 0.05) is 18.9 Å². The van der Waals surface area contributed by atoms with Crippen LogP contribution < -0.4 is 0 Å². The van der Waals surface area contributed by atoms with Crippen molar-refractivity contribution in [1.82, 2.24) is 25.0 Å². The summed E-state index contributed by atoms with van der Waals surface area (Å²) in [6.45, 7) is 4.76. The zero-order valence-electron chi connectivity index (χ0n) is 11.9. The number of hydrogen-bond acceptors (Lipinski definition) is 6. The van der Waals surface area contributed by atoms with E-state index in [1.165, 1.54) is 0 Å². The van der Waals surface area contributed by atoms with Crippen LogP contribution in [0.5, 0.6) is 0 Å². The third-order valence-corrected chi connectivity index (χ3v) is 3.60. The first-order valence-electron chi connectivity index (χ1n) is 6.85. The van der Waals surface area contributed by atoms with Crippen molar-refractivity contribution in [3.63, 3.8) is 0 Å². The maximum atomic E-state index is 11.5. The Hall–Kier alpha value is -2.22. The van der Waals surface area contributed by atoms with E-state index in [0.717, 1.165) is 11.4 Å². The molecule has 3 heterocycles. The summed E-state index contributed by atoms with van der Waals surface area (Å²) in [5.41, 5.74) is 1.76. The molecule has 0 amide bonds. The maximum absolute atomic E-state index is 11.5. The molecule has 0 aromatic carbocycles. The van der Waals surface area contributed by atoms with E-state index in [1.807, 2.05) is 18.7 Å². The van der Waals surface area contributed by atoms with Gasteiger partial charge in [-0.3, -0.25) is 9.69 Å². The minimum absolute atomic E-state index is 0.155. The van der Waals surface area contributed by atoms with Crippen molar-refractivity contribution in [3.8, 4) is 0 Å². The Balaban J connectivity index is 1.80. The summed E-state index contributed by atoms with van der Waals surface area (Å²) in [5, 5.41) is 13.3. The van der Waals surface area contributed by atoms with Crippen LogP contribution in [0.4, 0.5) is 0 Å². The molecule has 3 rings (SSSR count). The zero-order chi connectivity index (χ0) is 15.0. The molecule has 1 aliphatic heterocycles. The van der Waals surface area contributed by atoms with Gasteiger partial charge in [-0.1, -0.05) is 19.0 Å². The van der Waals surface area contributed by atoms with Crippen LogP contribution in [-0.4, -0.2) is 42.1 Å². The molecule has 8 heteroatoms. The summed E-state index contributed by atoms with van der Waals surface area (Å²) < 4.78 is 5.16. The lowest BCUT2D eigenvalue weighted by Crippen LogP contribution is -2.45. The number of nitrogens with one attached hydrogen (secondary N) is 1. The number of hydrogen-bond donors (Lipinski definition) is 2. The molecule has 0 bridgehead atoms. The van der Waals surface area contributed by atoms with Crippen LogP contribution >= 0.6 is 0 Å². The van der Waals surface area contributed by atoms with Gasteiger partial charge in [-0.15, -0.1) is 0 Å². The molecule has 1 aliphatic rings. The topological polar surface area (TPSA) is 108 Å². The van der Waals surface area contributed by atoms with Gasteiger partial charge in [-0.25, -0.2) is 4.98 Å². The van der Waals surface area contributed by atoms with Gasteiger partial charge in [0.2, 0.25) is 5.89 Å². The van der Waals surface area contributed by atoms with Gasteiger partial charge in [0.1, 0.15) is 6.04 Å². The lowest BCUT2D eigenvalue weighted by Gasteiger charge is -2.31. The van der Waals surface area contributed by atoms with Crippen LogP contribution in [0.2, 0.25) is 0 Å². The van der Waals surface area contributed by atoms with Crippen LogP contribution in [0.25, 0.3) is 0 Å². The van der Waals surface area contributed by atoms with Gasteiger partial charge in [0.05, 0.1) is 24.3 Å². The van der Waals surface area contributed by atoms with Crippen molar-refractivity contribution in [2.45, 2.75) is 45.3 Å². The molecular weight excluding hydrogens is 274 g/mol. The Bertz CT molecular complexity index is 648. The number of aromatic amines is 1. The largest absolute Gasteiger partial charge is 0.480 e. The highest BCUT2D eigenvalue weighted by molar-refractivity contribution is 5.74.